The number of likely N-dealkylation sites (N-methyl/N-ethyl adjacent to an activating group) is 1. The second-order valence-electron chi connectivity index (χ2n) is 16.1. The zero-order chi connectivity index (χ0) is 39.3. The number of carbonyl (C=O) groups is 2. The van der Waals surface area contributed by atoms with Crippen LogP contribution in [0, 0.1) is 0 Å². The fourth-order valence-electron chi connectivity index (χ4n) is 6.07. The number of ether oxygens (including phenoxy) is 2. The maximum Gasteiger partial charge on any atom is 0.472 e. The van der Waals surface area contributed by atoms with Gasteiger partial charge in [-0.2, -0.15) is 0 Å². The molecule has 0 aromatic heterocycles. The average molecular weight is 775 g/mol. The Hall–Kier alpha value is -1.25. The van der Waals surface area contributed by atoms with Crippen molar-refractivity contribution in [3.63, 3.8) is 0 Å². The summed E-state index contributed by atoms with van der Waals surface area (Å²) >= 11 is 0. The molecule has 0 aromatic rings. The molecular formula is C43H85NO8P+. The molecule has 0 spiro atoms. The third kappa shape index (κ3) is 40.2. The minimum Gasteiger partial charge on any atom is -0.462 e. The van der Waals surface area contributed by atoms with E-state index in [1.165, 1.54) is 116 Å². The number of allylic oxidation sites excluding steroid dienone is 2. The molecule has 2 atom stereocenters. The molecule has 0 aliphatic heterocycles. The summed E-state index contributed by atoms with van der Waals surface area (Å²) in [5, 5.41) is 0. The molecule has 0 rings (SSSR count). The number of nitrogens with zero attached hydrogens (tertiary/aromatic N) is 1. The molecule has 0 aromatic carbocycles. The molecule has 0 saturated carbocycles. The highest BCUT2D eigenvalue weighted by Gasteiger charge is 2.27. The molecule has 10 heteroatoms. The van der Waals surface area contributed by atoms with E-state index < -0.39 is 26.5 Å². The molecular weight excluding hydrogens is 689 g/mol. The normalized spacial score (nSPS) is 13.7. The second kappa shape index (κ2) is 36.4. The Labute approximate surface area is 326 Å². The molecule has 0 amide bonds. The molecule has 0 aliphatic carbocycles. The highest BCUT2D eigenvalue weighted by molar-refractivity contribution is 7.47. The summed E-state index contributed by atoms with van der Waals surface area (Å²) in [6.45, 7) is 4.42. The van der Waals surface area contributed by atoms with Crippen molar-refractivity contribution >= 4 is 19.8 Å². The van der Waals surface area contributed by atoms with Gasteiger partial charge in [0.2, 0.25) is 0 Å². The van der Waals surface area contributed by atoms with Gasteiger partial charge >= 0.3 is 19.8 Å². The van der Waals surface area contributed by atoms with E-state index in [4.69, 9.17) is 18.5 Å². The predicted octanol–water partition coefficient (Wildman–Crippen LogP) is 12.2. The third-order valence-electron chi connectivity index (χ3n) is 9.55. The van der Waals surface area contributed by atoms with Crippen LogP contribution >= 0.6 is 7.82 Å². The Bertz CT molecular complexity index is 922. The lowest BCUT2D eigenvalue weighted by Gasteiger charge is -2.24. The molecule has 2 unspecified atom stereocenters. The van der Waals surface area contributed by atoms with Gasteiger partial charge in [0.15, 0.2) is 6.10 Å². The first-order chi connectivity index (χ1) is 25.5. The van der Waals surface area contributed by atoms with Gasteiger partial charge in [-0.3, -0.25) is 18.6 Å². The number of phosphoric acid groups is 1. The van der Waals surface area contributed by atoms with Gasteiger partial charge in [-0.25, -0.2) is 4.57 Å². The van der Waals surface area contributed by atoms with Gasteiger partial charge in [-0.1, -0.05) is 161 Å². The quantitative estimate of drug-likeness (QED) is 0.0215. The van der Waals surface area contributed by atoms with E-state index in [0.29, 0.717) is 17.4 Å². The molecule has 314 valence electrons. The first-order valence-corrected chi connectivity index (χ1v) is 23.4. The third-order valence-corrected chi connectivity index (χ3v) is 10.5. The largest absolute Gasteiger partial charge is 0.472 e. The summed E-state index contributed by atoms with van der Waals surface area (Å²) in [6.07, 6.45) is 36.8. The molecule has 53 heavy (non-hydrogen) atoms. The number of rotatable bonds is 40. The van der Waals surface area contributed by atoms with Gasteiger partial charge in [-0.05, 0) is 38.5 Å². The van der Waals surface area contributed by atoms with E-state index >= 15 is 0 Å². The SMILES string of the molecule is CCCCCCCC/C=C/CCCCCCCC(=O)OCC(COP(=O)(O)OCC[N+](C)(C)C)OC(=O)CCCCCCCCCCCCCCCC. The van der Waals surface area contributed by atoms with Crippen molar-refractivity contribution in [3.8, 4) is 0 Å². The second-order valence-corrected chi connectivity index (χ2v) is 17.5. The maximum absolute atomic E-state index is 12.7. The van der Waals surface area contributed by atoms with Gasteiger partial charge in [0.1, 0.15) is 19.8 Å². The highest BCUT2D eigenvalue weighted by Crippen LogP contribution is 2.43. The maximum atomic E-state index is 12.7. The smallest absolute Gasteiger partial charge is 0.462 e. The molecule has 9 nitrogen and oxygen atoms in total. The summed E-state index contributed by atoms with van der Waals surface area (Å²) in [5.74, 6) is -0.799. The summed E-state index contributed by atoms with van der Waals surface area (Å²) in [6, 6.07) is 0. The Kier molecular flexibility index (Phi) is 35.5. The Morgan fingerprint density at radius 3 is 1.40 bits per heavy atom. The number of quaternary nitrogens is 1. The molecule has 0 heterocycles. The van der Waals surface area contributed by atoms with Gasteiger partial charge in [-0.15, -0.1) is 0 Å². The van der Waals surface area contributed by atoms with Gasteiger partial charge in [0.25, 0.3) is 0 Å². The van der Waals surface area contributed by atoms with Crippen LogP contribution in [0.15, 0.2) is 12.2 Å². The zero-order valence-electron chi connectivity index (χ0n) is 35.3. The van der Waals surface area contributed by atoms with E-state index in [9.17, 15) is 19.0 Å². The van der Waals surface area contributed by atoms with Crippen LogP contribution in [-0.2, 0) is 32.7 Å². The Balaban J connectivity index is 4.35. The number of carbonyl (C=O) groups excluding carboxylic acids is 2. The van der Waals surface area contributed by atoms with Gasteiger partial charge in [0, 0.05) is 12.8 Å². The van der Waals surface area contributed by atoms with E-state index in [2.05, 4.69) is 26.0 Å². The monoisotopic (exact) mass is 775 g/mol. The van der Waals surface area contributed by atoms with Crippen LogP contribution in [0.25, 0.3) is 0 Å². The van der Waals surface area contributed by atoms with Crippen molar-refractivity contribution in [3.05, 3.63) is 12.2 Å². The lowest BCUT2D eigenvalue weighted by Crippen LogP contribution is -2.37. The lowest BCUT2D eigenvalue weighted by atomic mass is 10.0. The van der Waals surface area contributed by atoms with Crippen molar-refractivity contribution in [2.24, 2.45) is 0 Å². The predicted molar refractivity (Wildman–Crippen MR) is 220 cm³/mol. The van der Waals surface area contributed by atoms with E-state index in [-0.39, 0.29) is 32.0 Å². The minimum atomic E-state index is -4.37. The lowest BCUT2D eigenvalue weighted by molar-refractivity contribution is -0.870. The van der Waals surface area contributed by atoms with Crippen LogP contribution in [0.3, 0.4) is 0 Å². The van der Waals surface area contributed by atoms with Crippen molar-refractivity contribution in [1.82, 2.24) is 0 Å². The number of unbranched alkanes of at least 4 members (excludes halogenated alkanes) is 24. The average Bonchev–Trinajstić information content (AvgIpc) is 3.10. The summed E-state index contributed by atoms with van der Waals surface area (Å²) in [4.78, 5) is 35.3. The van der Waals surface area contributed by atoms with Crippen LogP contribution < -0.4 is 0 Å². The molecule has 0 saturated heterocycles. The van der Waals surface area contributed by atoms with Crippen LogP contribution in [0.5, 0.6) is 0 Å². The van der Waals surface area contributed by atoms with E-state index in [0.717, 1.165) is 51.4 Å². The molecule has 0 bridgehead atoms. The standard InChI is InChI=1S/C43H84NO8P/c1-6-8-10-12-14-16-18-20-22-24-25-27-29-31-33-35-42(45)49-39-41(40-51-53(47,48)50-38-37-44(3,4)5)52-43(46)36-34-32-30-28-26-23-21-19-17-15-13-11-9-7-2/h20,22,41H,6-19,21,23-40H2,1-5H3/p+1/b22-20+. The summed E-state index contributed by atoms with van der Waals surface area (Å²) < 4.78 is 34.3. The Morgan fingerprint density at radius 1 is 0.566 bits per heavy atom. The van der Waals surface area contributed by atoms with Crippen LogP contribution in [0.2, 0.25) is 0 Å². The van der Waals surface area contributed by atoms with Crippen LogP contribution in [0.4, 0.5) is 0 Å². The first kappa shape index (κ1) is 51.8. The topological polar surface area (TPSA) is 108 Å². The van der Waals surface area contributed by atoms with Crippen molar-refractivity contribution < 1.29 is 42.1 Å². The van der Waals surface area contributed by atoms with Gasteiger partial charge < -0.3 is 18.9 Å². The highest BCUT2D eigenvalue weighted by atomic mass is 31.2. The molecule has 0 fully saturated rings. The number of hydrogen-bond donors (Lipinski definition) is 1. The van der Waals surface area contributed by atoms with Crippen molar-refractivity contribution in [1.29, 1.82) is 0 Å². The van der Waals surface area contributed by atoms with Crippen LogP contribution in [-0.4, -0.2) is 74.9 Å². The zero-order valence-corrected chi connectivity index (χ0v) is 36.2. The fourth-order valence-corrected chi connectivity index (χ4v) is 6.81. The van der Waals surface area contributed by atoms with Crippen LogP contribution in [0.1, 0.15) is 200 Å². The van der Waals surface area contributed by atoms with Gasteiger partial charge in [0.05, 0.1) is 27.7 Å². The van der Waals surface area contributed by atoms with Crippen molar-refractivity contribution in [2.75, 3.05) is 47.5 Å². The Morgan fingerprint density at radius 2 is 0.962 bits per heavy atom. The number of esters is 2. The first-order valence-electron chi connectivity index (χ1n) is 21.9. The number of phosphoric ester groups is 1. The summed E-state index contributed by atoms with van der Waals surface area (Å²) in [5.41, 5.74) is 0. The molecule has 1 N–H and O–H groups in total. The number of hydrogen-bond acceptors (Lipinski definition) is 7. The fraction of sp³-hybridized carbons (Fsp3) is 0.907. The van der Waals surface area contributed by atoms with E-state index in [1.54, 1.807) is 0 Å². The minimum absolute atomic E-state index is 0.0335. The summed E-state index contributed by atoms with van der Waals surface area (Å²) in [7, 11) is 1.48. The molecule has 0 radical (unpaired) electrons. The van der Waals surface area contributed by atoms with E-state index in [1.807, 2.05) is 21.1 Å². The molecule has 0 aliphatic rings. The van der Waals surface area contributed by atoms with Crippen molar-refractivity contribution in [2.45, 2.75) is 206 Å².